The third kappa shape index (κ3) is 4.82. The van der Waals surface area contributed by atoms with Gasteiger partial charge in [0, 0.05) is 57.7 Å². The Morgan fingerprint density at radius 1 is 1.00 bits per heavy atom. The van der Waals surface area contributed by atoms with E-state index in [0.29, 0.717) is 30.6 Å². The van der Waals surface area contributed by atoms with E-state index in [-0.39, 0.29) is 17.9 Å². The van der Waals surface area contributed by atoms with E-state index in [4.69, 9.17) is 0 Å². The number of rotatable bonds is 8. The van der Waals surface area contributed by atoms with Gasteiger partial charge in [-0.05, 0) is 42.7 Å². The summed E-state index contributed by atoms with van der Waals surface area (Å²) in [5, 5.41) is 3.84. The second-order valence-electron chi connectivity index (χ2n) is 8.33. The van der Waals surface area contributed by atoms with Crippen LogP contribution >= 0.6 is 0 Å². The van der Waals surface area contributed by atoms with Crippen LogP contribution in [0.25, 0.3) is 11.0 Å². The molecule has 0 aliphatic heterocycles. The Bertz CT molecular complexity index is 1260. The summed E-state index contributed by atoms with van der Waals surface area (Å²) in [6.45, 7) is 0.468. The number of hydrogen-bond donors (Lipinski definition) is 1. The van der Waals surface area contributed by atoms with Crippen molar-refractivity contribution in [3.63, 3.8) is 0 Å². The highest BCUT2D eigenvalue weighted by atomic mass is 16.2. The first-order valence-corrected chi connectivity index (χ1v) is 11.1. The maximum Gasteiger partial charge on any atom is 0.267 e. The number of benzene rings is 1. The van der Waals surface area contributed by atoms with Gasteiger partial charge in [0.05, 0.1) is 5.56 Å². The lowest BCUT2D eigenvalue weighted by atomic mass is 10.0. The minimum absolute atomic E-state index is 0.0525. The van der Waals surface area contributed by atoms with Gasteiger partial charge in [-0.1, -0.05) is 30.3 Å². The molecule has 0 fully saturated rings. The van der Waals surface area contributed by atoms with Crippen molar-refractivity contribution in [3.05, 3.63) is 90.0 Å². The Hall–Kier alpha value is -3.87. The van der Waals surface area contributed by atoms with Crippen molar-refractivity contribution in [3.8, 4) is 0 Å². The SMILES string of the molecule is CN(C(=O)c1ccnc2c1ccn2C)[C@H](CCNC(=O)c1cccn1C)Cc1ccccc1. The molecule has 4 aromatic rings. The van der Waals surface area contributed by atoms with Crippen LogP contribution in [0.5, 0.6) is 0 Å². The lowest BCUT2D eigenvalue weighted by molar-refractivity contribution is 0.0724. The molecule has 170 valence electrons. The second-order valence-corrected chi connectivity index (χ2v) is 8.33. The number of pyridine rings is 1. The standard InChI is InChI=1S/C26H29N5O2/c1-29-16-7-10-23(29)25(32)28-14-11-20(18-19-8-5-4-6-9-19)31(3)26(33)22-12-15-27-24-21(22)13-17-30(24)2/h4-10,12-13,15-17,20H,11,14,18H2,1-3H3,(H,28,32)/t20-/m1/s1. The first kappa shape index (κ1) is 22.3. The van der Waals surface area contributed by atoms with Crippen LogP contribution in [-0.2, 0) is 20.5 Å². The summed E-state index contributed by atoms with van der Waals surface area (Å²) >= 11 is 0. The Kier molecular flexibility index (Phi) is 6.58. The normalized spacial score (nSPS) is 12.0. The van der Waals surface area contributed by atoms with Crippen LogP contribution in [0.2, 0.25) is 0 Å². The van der Waals surface area contributed by atoms with Crippen molar-refractivity contribution in [2.45, 2.75) is 18.9 Å². The fraction of sp³-hybridized carbons (Fsp3) is 0.269. The molecule has 2 amide bonds. The third-order valence-electron chi connectivity index (χ3n) is 6.12. The van der Waals surface area contributed by atoms with Crippen LogP contribution in [0, 0.1) is 0 Å². The van der Waals surface area contributed by atoms with Crippen LogP contribution < -0.4 is 5.32 Å². The minimum Gasteiger partial charge on any atom is -0.351 e. The van der Waals surface area contributed by atoms with Crippen LogP contribution in [0.3, 0.4) is 0 Å². The van der Waals surface area contributed by atoms with Crippen molar-refractivity contribution >= 4 is 22.8 Å². The van der Waals surface area contributed by atoms with Gasteiger partial charge in [0.1, 0.15) is 11.3 Å². The smallest absolute Gasteiger partial charge is 0.267 e. The average molecular weight is 444 g/mol. The average Bonchev–Trinajstić information content (AvgIpc) is 3.43. The van der Waals surface area contributed by atoms with Gasteiger partial charge in [-0.3, -0.25) is 9.59 Å². The first-order valence-electron chi connectivity index (χ1n) is 11.1. The number of carbonyl (C=O) groups is 2. The zero-order valence-corrected chi connectivity index (χ0v) is 19.2. The van der Waals surface area contributed by atoms with E-state index >= 15 is 0 Å². The molecule has 4 rings (SSSR count). The maximum absolute atomic E-state index is 13.5. The first-order chi connectivity index (χ1) is 16.0. The lowest BCUT2D eigenvalue weighted by Gasteiger charge is -2.29. The summed E-state index contributed by atoms with van der Waals surface area (Å²) in [7, 11) is 5.60. The summed E-state index contributed by atoms with van der Waals surface area (Å²) < 4.78 is 3.70. The largest absolute Gasteiger partial charge is 0.351 e. The number of fused-ring (bicyclic) bond motifs is 1. The number of aromatic nitrogens is 3. The van der Waals surface area contributed by atoms with Crippen LogP contribution in [0.1, 0.15) is 32.8 Å². The zero-order chi connectivity index (χ0) is 23.4. The molecule has 33 heavy (non-hydrogen) atoms. The lowest BCUT2D eigenvalue weighted by Crippen LogP contribution is -2.41. The van der Waals surface area contributed by atoms with Crippen LogP contribution in [0.4, 0.5) is 0 Å². The molecule has 0 radical (unpaired) electrons. The summed E-state index contributed by atoms with van der Waals surface area (Å²) in [6.07, 6.45) is 6.77. The van der Waals surface area contributed by atoms with Crippen LogP contribution in [-0.4, -0.2) is 50.5 Å². The third-order valence-corrected chi connectivity index (χ3v) is 6.12. The van der Waals surface area contributed by atoms with E-state index in [2.05, 4.69) is 22.4 Å². The number of hydrogen-bond acceptors (Lipinski definition) is 3. The predicted molar refractivity (Wildman–Crippen MR) is 129 cm³/mol. The van der Waals surface area contributed by atoms with Gasteiger partial charge < -0.3 is 19.4 Å². The highest BCUT2D eigenvalue weighted by molar-refractivity contribution is 6.05. The Labute approximate surface area is 193 Å². The fourth-order valence-electron chi connectivity index (χ4n) is 4.17. The van der Waals surface area contributed by atoms with Gasteiger partial charge in [-0.25, -0.2) is 4.98 Å². The van der Waals surface area contributed by atoms with Crippen molar-refractivity contribution in [1.82, 2.24) is 24.3 Å². The fourth-order valence-corrected chi connectivity index (χ4v) is 4.17. The van der Waals surface area contributed by atoms with Crippen molar-refractivity contribution in [2.75, 3.05) is 13.6 Å². The van der Waals surface area contributed by atoms with Crippen LogP contribution in [0.15, 0.2) is 73.2 Å². The quantitative estimate of drug-likeness (QED) is 0.454. The van der Waals surface area contributed by atoms with Gasteiger partial charge in [-0.2, -0.15) is 0 Å². The molecule has 0 saturated carbocycles. The van der Waals surface area contributed by atoms with E-state index in [1.807, 2.05) is 68.4 Å². The minimum atomic E-state index is -0.116. The van der Waals surface area contributed by atoms with E-state index in [1.54, 1.807) is 27.8 Å². The van der Waals surface area contributed by atoms with Gasteiger partial charge >= 0.3 is 0 Å². The molecule has 0 aliphatic rings. The maximum atomic E-state index is 13.5. The topological polar surface area (TPSA) is 72.2 Å². The Balaban J connectivity index is 1.52. The molecule has 7 nitrogen and oxygen atoms in total. The van der Waals surface area contributed by atoms with Crippen molar-refractivity contribution in [2.24, 2.45) is 14.1 Å². The van der Waals surface area contributed by atoms with E-state index < -0.39 is 0 Å². The van der Waals surface area contributed by atoms with Gasteiger partial charge in [0.15, 0.2) is 0 Å². The number of carbonyl (C=O) groups excluding carboxylic acids is 2. The molecule has 0 bridgehead atoms. The molecule has 1 N–H and O–H groups in total. The van der Waals surface area contributed by atoms with Crippen molar-refractivity contribution in [1.29, 1.82) is 0 Å². The summed E-state index contributed by atoms with van der Waals surface area (Å²) in [4.78, 5) is 32.2. The predicted octanol–water partition coefficient (Wildman–Crippen LogP) is 3.42. The highest BCUT2D eigenvalue weighted by Crippen LogP contribution is 2.21. The molecule has 0 spiro atoms. The molecule has 7 heteroatoms. The molecule has 0 saturated heterocycles. The number of nitrogens with zero attached hydrogens (tertiary/aromatic N) is 4. The summed E-state index contributed by atoms with van der Waals surface area (Å²) in [6, 6.07) is 17.4. The second kappa shape index (κ2) is 9.73. The number of likely N-dealkylation sites (N-methyl/N-ethyl adjacent to an activating group) is 1. The monoisotopic (exact) mass is 443 g/mol. The number of aryl methyl sites for hydroxylation is 2. The van der Waals surface area contributed by atoms with Gasteiger partial charge in [-0.15, -0.1) is 0 Å². The zero-order valence-electron chi connectivity index (χ0n) is 19.2. The summed E-state index contributed by atoms with van der Waals surface area (Å²) in [5.74, 6) is -0.168. The Morgan fingerprint density at radius 2 is 1.79 bits per heavy atom. The molecule has 0 aliphatic carbocycles. The molecule has 3 aromatic heterocycles. The van der Waals surface area contributed by atoms with Gasteiger partial charge in [0.25, 0.3) is 11.8 Å². The molecular weight excluding hydrogens is 414 g/mol. The number of nitrogens with one attached hydrogen (secondary N) is 1. The van der Waals surface area contributed by atoms with E-state index in [1.165, 1.54) is 0 Å². The highest BCUT2D eigenvalue weighted by Gasteiger charge is 2.24. The molecule has 0 unspecified atom stereocenters. The van der Waals surface area contributed by atoms with E-state index in [0.717, 1.165) is 16.6 Å². The molecular formula is C26H29N5O2. The summed E-state index contributed by atoms with van der Waals surface area (Å²) in [5.41, 5.74) is 3.18. The van der Waals surface area contributed by atoms with Crippen molar-refractivity contribution < 1.29 is 9.59 Å². The number of amides is 2. The van der Waals surface area contributed by atoms with Gasteiger partial charge in [0.2, 0.25) is 0 Å². The molecule has 1 atom stereocenters. The molecule has 1 aromatic carbocycles. The molecule has 3 heterocycles. The Morgan fingerprint density at radius 3 is 2.52 bits per heavy atom. The van der Waals surface area contributed by atoms with E-state index in [9.17, 15) is 9.59 Å².